The third kappa shape index (κ3) is 4.02. The highest BCUT2D eigenvalue weighted by Crippen LogP contribution is 2.34. The normalized spacial score (nSPS) is 12.5. The summed E-state index contributed by atoms with van der Waals surface area (Å²) in [6.45, 7) is 5.94. The molecule has 0 bridgehead atoms. The number of ether oxygens (including phenoxy) is 2. The molecule has 6 N–H and O–H groups in total. The maximum Gasteiger partial charge on any atom is 0.323 e. The number of benzene rings is 2. The first kappa shape index (κ1) is 21.0. The lowest BCUT2D eigenvalue weighted by molar-refractivity contribution is 0.100. The van der Waals surface area contributed by atoms with Crippen molar-refractivity contribution in [3.8, 4) is 22.8 Å². The Morgan fingerprint density at radius 3 is 2.28 bits per heavy atom. The summed E-state index contributed by atoms with van der Waals surface area (Å²) in [7, 11) is 0. The number of primary amides is 1. The van der Waals surface area contributed by atoms with E-state index in [9.17, 15) is 9.59 Å². The first-order valence-corrected chi connectivity index (χ1v) is 9.90. The Kier molecular flexibility index (Phi) is 5.13. The SMILES string of the molecule is CC(C)(C)n1nc(-c2ccc(NC(=O)Nc3ccc4c(c3)OCO4)cc2)c(C(N)=O)c1N. The zero-order valence-corrected chi connectivity index (χ0v) is 17.9. The number of hydrogen-bond acceptors (Lipinski definition) is 6. The topological polar surface area (TPSA) is 147 Å². The number of fused-ring (bicyclic) bond motifs is 1. The van der Waals surface area contributed by atoms with Crippen LogP contribution in [0.4, 0.5) is 22.0 Å². The Morgan fingerprint density at radius 1 is 1.00 bits per heavy atom. The zero-order chi connectivity index (χ0) is 23.0. The minimum atomic E-state index is -0.654. The largest absolute Gasteiger partial charge is 0.454 e. The van der Waals surface area contributed by atoms with Gasteiger partial charge >= 0.3 is 6.03 Å². The molecule has 3 aromatic rings. The number of nitrogens with zero attached hydrogens (tertiary/aromatic N) is 2. The number of rotatable bonds is 4. The Hall–Kier alpha value is -4.21. The average molecular weight is 436 g/mol. The van der Waals surface area contributed by atoms with E-state index in [2.05, 4.69) is 15.7 Å². The molecule has 10 nitrogen and oxygen atoms in total. The predicted octanol–water partition coefficient (Wildman–Crippen LogP) is 3.36. The minimum absolute atomic E-state index is 0.161. The van der Waals surface area contributed by atoms with Gasteiger partial charge in [-0.25, -0.2) is 9.48 Å². The Bertz CT molecular complexity index is 1190. The van der Waals surface area contributed by atoms with Crippen LogP contribution in [0.25, 0.3) is 11.3 Å². The molecule has 166 valence electrons. The maximum atomic E-state index is 12.4. The van der Waals surface area contributed by atoms with E-state index in [0.29, 0.717) is 34.1 Å². The van der Waals surface area contributed by atoms with Crippen LogP contribution in [0.1, 0.15) is 31.1 Å². The van der Waals surface area contributed by atoms with E-state index in [4.69, 9.17) is 20.9 Å². The first-order chi connectivity index (χ1) is 15.1. The zero-order valence-electron chi connectivity index (χ0n) is 17.9. The molecule has 0 spiro atoms. The van der Waals surface area contributed by atoms with Gasteiger partial charge in [0.15, 0.2) is 11.5 Å². The smallest absolute Gasteiger partial charge is 0.323 e. The van der Waals surface area contributed by atoms with Gasteiger partial charge in [-0.15, -0.1) is 0 Å². The summed E-state index contributed by atoms with van der Waals surface area (Å²) in [6, 6.07) is 11.6. The van der Waals surface area contributed by atoms with Gasteiger partial charge in [0.05, 0.1) is 5.54 Å². The van der Waals surface area contributed by atoms with Crippen molar-refractivity contribution in [3.05, 3.63) is 48.0 Å². The average Bonchev–Trinajstić information content (AvgIpc) is 3.32. The molecule has 4 rings (SSSR count). The number of nitrogen functional groups attached to an aromatic ring is 1. The summed E-state index contributed by atoms with van der Waals surface area (Å²) < 4.78 is 12.1. The van der Waals surface area contributed by atoms with Gasteiger partial charge < -0.3 is 31.6 Å². The number of carbonyl (C=O) groups excluding carboxylic acids is 2. The quantitative estimate of drug-likeness (QED) is 0.493. The van der Waals surface area contributed by atoms with Crippen LogP contribution in [-0.2, 0) is 5.54 Å². The molecule has 3 amide bonds. The van der Waals surface area contributed by atoms with Gasteiger partial charge in [0.2, 0.25) is 6.79 Å². The first-order valence-electron chi connectivity index (χ1n) is 9.90. The summed E-state index contributed by atoms with van der Waals surface area (Å²) in [6.07, 6.45) is 0. The predicted molar refractivity (Wildman–Crippen MR) is 121 cm³/mol. The molecular formula is C22H24N6O4. The van der Waals surface area contributed by atoms with Crippen molar-refractivity contribution < 1.29 is 19.1 Å². The van der Waals surface area contributed by atoms with Crippen LogP contribution in [0.5, 0.6) is 11.5 Å². The lowest BCUT2D eigenvalue weighted by Crippen LogP contribution is -2.25. The second-order valence-electron chi connectivity index (χ2n) is 8.28. The molecule has 0 saturated carbocycles. The van der Waals surface area contributed by atoms with E-state index in [1.807, 2.05) is 20.8 Å². The standard InChI is InChI=1S/C22H24N6O4/c1-22(2,3)28-19(23)17(20(24)29)18(27-28)12-4-6-13(7-5-12)25-21(30)26-14-8-9-15-16(10-14)32-11-31-15/h4-10H,11,23H2,1-3H3,(H2,24,29)(H2,25,26,30). The van der Waals surface area contributed by atoms with Crippen LogP contribution < -0.4 is 31.6 Å². The van der Waals surface area contributed by atoms with E-state index in [0.717, 1.165) is 0 Å². The van der Waals surface area contributed by atoms with Crippen LogP contribution >= 0.6 is 0 Å². The molecule has 2 heterocycles. The minimum Gasteiger partial charge on any atom is -0.454 e. The lowest BCUT2D eigenvalue weighted by atomic mass is 10.1. The number of amides is 3. The number of urea groups is 1. The molecule has 1 aliphatic rings. The Balaban J connectivity index is 1.51. The summed E-state index contributed by atoms with van der Waals surface area (Å²) in [5.74, 6) is 0.770. The number of hydrogen-bond donors (Lipinski definition) is 4. The van der Waals surface area contributed by atoms with E-state index in [1.165, 1.54) is 0 Å². The molecule has 32 heavy (non-hydrogen) atoms. The molecule has 10 heteroatoms. The highest BCUT2D eigenvalue weighted by atomic mass is 16.7. The van der Waals surface area contributed by atoms with Crippen LogP contribution in [0.2, 0.25) is 0 Å². The summed E-state index contributed by atoms with van der Waals surface area (Å²) in [4.78, 5) is 24.4. The van der Waals surface area contributed by atoms with Crippen LogP contribution in [0, 0.1) is 0 Å². The molecule has 0 atom stereocenters. The van der Waals surface area contributed by atoms with Gasteiger partial charge in [-0.1, -0.05) is 12.1 Å². The monoisotopic (exact) mass is 436 g/mol. The molecule has 0 unspecified atom stereocenters. The van der Waals surface area contributed by atoms with Gasteiger partial charge in [-0.05, 0) is 45.0 Å². The number of nitrogens with two attached hydrogens (primary N) is 2. The van der Waals surface area contributed by atoms with E-state index in [1.54, 1.807) is 47.1 Å². The summed E-state index contributed by atoms with van der Waals surface area (Å²) in [5, 5.41) is 10.0. The van der Waals surface area contributed by atoms with Crippen molar-refractivity contribution >= 4 is 29.1 Å². The molecule has 0 saturated heterocycles. The molecule has 1 aromatic heterocycles. The molecule has 0 fully saturated rings. The van der Waals surface area contributed by atoms with Gasteiger partial charge in [0, 0.05) is 23.0 Å². The van der Waals surface area contributed by atoms with Gasteiger partial charge in [0.25, 0.3) is 5.91 Å². The van der Waals surface area contributed by atoms with Crippen molar-refractivity contribution in [3.63, 3.8) is 0 Å². The third-order valence-electron chi connectivity index (χ3n) is 4.85. The van der Waals surface area contributed by atoms with Crippen molar-refractivity contribution in [1.29, 1.82) is 0 Å². The van der Waals surface area contributed by atoms with Crippen molar-refractivity contribution in [1.82, 2.24) is 9.78 Å². The summed E-state index contributed by atoms with van der Waals surface area (Å²) in [5.41, 5.74) is 13.6. The van der Waals surface area contributed by atoms with Crippen LogP contribution in [-0.4, -0.2) is 28.5 Å². The lowest BCUT2D eigenvalue weighted by Gasteiger charge is -2.20. The van der Waals surface area contributed by atoms with Crippen LogP contribution in [0.3, 0.4) is 0 Å². The molecule has 2 aromatic carbocycles. The number of carbonyl (C=O) groups is 2. The molecule has 0 aliphatic carbocycles. The number of aromatic nitrogens is 2. The van der Waals surface area contributed by atoms with Crippen molar-refractivity contribution in [2.45, 2.75) is 26.3 Å². The molecule has 0 radical (unpaired) electrons. The van der Waals surface area contributed by atoms with Crippen LogP contribution in [0.15, 0.2) is 42.5 Å². The fraction of sp³-hybridized carbons (Fsp3) is 0.227. The van der Waals surface area contributed by atoms with E-state index in [-0.39, 0.29) is 18.2 Å². The second kappa shape index (κ2) is 7.80. The number of nitrogens with one attached hydrogen (secondary N) is 2. The second-order valence-corrected chi connectivity index (χ2v) is 8.28. The number of anilines is 3. The third-order valence-corrected chi connectivity index (χ3v) is 4.85. The fourth-order valence-corrected chi connectivity index (χ4v) is 3.37. The highest BCUT2D eigenvalue weighted by molar-refractivity contribution is 6.03. The highest BCUT2D eigenvalue weighted by Gasteiger charge is 2.26. The van der Waals surface area contributed by atoms with Crippen molar-refractivity contribution in [2.75, 3.05) is 23.2 Å². The Morgan fingerprint density at radius 2 is 1.62 bits per heavy atom. The van der Waals surface area contributed by atoms with Gasteiger partial charge in [-0.2, -0.15) is 5.10 Å². The maximum absolute atomic E-state index is 12.4. The van der Waals surface area contributed by atoms with E-state index >= 15 is 0 Å². The van der Waals surface area contributed by atoms with Gasteiger partial charge in [-0.3, -0.25) is 4.79 Å². The Labute approximate surface area is 184 Å². The fourth-order valence-electron chi connectivity index (χ4n) is 3.37. The molecule has 1 aliphatic heterocycles. The van der Waals surface area contributed by atoms with Gasteiger partial charge in [0.1, 0.15) is 17.1 Å². The molecular weight excluding hydrogens is 412 g/mol. The van der Waals surface area contributed by atoms with Crippen molar-refractivity contribution in [2.24, 2.45) is 5.73 Å². The summed E-state index contributed by atoms with van der Waals surface area (Å²) >= 11 is 0. The van der Waals surface area contributed by atoms with E-state index < -0.39 is 17.5 Å².